The molecule has 1 fully saturated rings. The molecule has 134 valence electrons. The zero-order chi connectivity index (χ0) is 18.1. The molecule has 1 unspecified atom stereocenters. The zero-order valence-electron chi connectivity index (χ0n) is 14.1. The van der Waals surface area contributed by atoms with Crippen LogP contribution in [0.5, 0.6) is 0 Å². The number of rotatable bonds is 3. The Bertz CT molecular complexity index is 917. The second kappa shape index (κ2) is 6.76. The van der Waals surface area contributed by atoms with E-state index in [1.807, 2.05) is 12.1 Å². The third-order valence-corrected chi connectivity index (χ3v) is 4.80. The Morgan fingerprint density at radius 2 is 1.85 bits per heavy atom. The fourth-order valence-corrected chi connectivity index (χ4v) is 3.27. The van der Waals surface area contributed by atoms with E-state index < -0.39 is 11.9 Å². The molecule has 0 spiro atoms. The third kappa shape index (κ3) is 3.13. The Morgan fingerprint density at radius 3 is 2.58 bits per heavy atom. The minimum absolute atomic E-state index is 0.346. The lowest BCUT2D eigenvalue weighted by Crippen LogP contribution is -2.50. The second-order valence-electron chi connectivity index (χ2n) is 6.41. The van der Waals surface area contributed by atoms with Crippen LogP contribution in [0.15, 0.2) is 48.7 Å². The van der Waals surface area contributed by atoms with Gasteiger partial charge in [-0.1, -0.05) is 12.1 Å². The SMILES string of the molecule is O=C(C(O)c1ccc(F)cc1)N1CCN(c2ccc3[nH]ncc3c2)CC1. The number of anilines is 1. The highest BCUT2D eigenvalue weighted by atomic mass is 19.1. The van der Waals surface area contributed by atoms with Crippen molar-refractivity contribution in [2.75, 3.05) is 31.1 Å². The third-order valence-electron chi connectivity index (χ3n) is 4.80. The van der Waals surface area contributed by atoms with Crippen LogP contribution in [0.4, 0.5) is 10.1 Å². The van der Waals surface area contributed by atoms with Crippen LogP contribution in [-0.4, -0.2) is 52.3 Å². The smallest absolute Gasteiger partial charge is 0.256 e. The van der Waals surface area contributed by atoms with Gasteiger partial charge in [0, 0.05) is 37.3 Å². The Morgan fingerprint density at radius 1 is 1.12 bits per heavy atom. The predicted octanol–water partition coefficient (Wildman–Crippen LogP) is 2.08. The van der Waals surface area contributed by atoms with Crippen LogP contribution in [0.3, 0.4) is 0 Å². The average molecular weight is 354 g/mol. The molecular weight excluding hydrogens is 335 g/mol. The highest BCUT2D eigenvalue weighted by Crippen LogP contribution is 2.23. The molecule has 1 saturated heterocycles. The Labute approximate surface area is 149 Å². The van der Waals surface area contributed by atoms with Gasteiger partial charge in [-0.15, -0.1) is 0 Å². The van der Waals surface area contributed by atoms with Gasteiger partial charge in [0.05, 0.1) is 11.7 Å². The van der Waals surface area contributed by atoms with E-state index in [1.165, 1.54) is 24.3 Å². The highest BCUT2D eigenvalue weighted by Gasteiger charge is 2.27. The van der Waals surface area contributed by atoms with Crippen LogP contribution < -0.4 is 4.90 Å². The molecule has 1 aliphatic heterocycles. The number of H-pyrrole nitrogens is 1. The number of hydrogen-bond acceptors (Lipinski definition) is 4. The molecule has 1 aromatic heterocycles. The number of nitrogens with one attached hydrogen (secondary N) is 1. The number of aromatic amines is 1. The molecule has 2 aromatic carbocycles. The van der Waals surface area contributed by atoms with E-state index in [-0.39, 0.29) is 5.91 Å². The number of benzene rings is 2. The molecule has 4 rings (SSSR count). The van der Waals surface area contributed by atoms with Crippen molar-refractivity contribution in [2.45, 2.75) is 6.10 Å². The van der Waals surface area contributed by atoms with E-state index in [9.17, 15) is 14.3 Å². The zero-order valence-corrected chi connectivity index (χ0v) is 14.1. The molecule has 2 heterocycles. The van der Waals surface area contributed by atoms with E-state index in [1.54, 1.807) is 11.1 Å². The summed E-state index contributed by atoms with van der Waals surface area (Å²) in [6.07, 6.45) is 0.530. The summed E-state index contributed by atoms with van der Waals surface area (Å²) in [5.41, 5.74) is 2.49. The van der Waals surface area contributed by atoms with Crippen molar-refractivity contribution in [3.63, 3.8) is 0 Å². The molecular formula is C19H19FN4O2. The lowest BCUT2D eigenvalue weighted by Gasteiger charge is -2.37. The highest BCUT2D eigenvalue weighted by molar-refractivity contribution is 5.83. The number of carbonyl (C=O) groups excluding carboxylic acids is 1. The fourth-order valence-electron chi connectivity index (χ4n) is 3.27. The van der Waals surface area contributed by atoms with Gasteiger partial charge in [0.15, 0.2) is 6.10 Å². The second-order valence-corrected chi connectivity index (χ2v) is 6.41. The van der Waals surface area contributed by atoms with Gasteiger partial charge in [-0.2, -0.15) is 5.10 Å². The van der Waals surface area contributed by atoms with Crippen molar-refractivity contribution in [1.29, 1.82) is 0 Å². The molecule has 2 N–H and O–H groups in total. The maximum absolute atomic E-state index is 13.0. The number of hydrogen-bond donors (Lipinski definition) is 2. The average Bonchev–Trinajstić information content (AvgIpc) is 3.15. The molecule has 1 amide bonds. The van der Waals surface area contributed by atoms with Crippen molar-refractivity contribution >= 4 is 22.5 Å². The van der Waals surface area contributed by atoms with Crippen LogP contribution in [-0.2, 0) is 4.79 Å². The number of amides is 1. The predicted molar refractivity (Wildman–Crippen MR) is 96.2 cm³/mol. The number of fused-ring (bicyclic) bond motifs is 1. The monoisotopic (exact) mass is 354 g/mol. The summed E-state index contributed by atoms with van der Waals surface area (Å²) in [7, 11) is 0. The van der Waals surface area contributed by atoms with Crippen molar-refractivity contribution in [3.05, 3.63) is 60.0 Å². The molecule has 1 atom stereocenters. The molecule has 3 aromatic rings. The number of nitrogens with zero attached hydrogens (tertiary/aromatic N) is 3. The molecule has 1 aliphatic rings. The lowest BCUT2D eigenvalue weighted by molar-refractivity contribution is -0.140. The summed E-state index contributed by atoms with van der Waals surface area (Å²) in [4.78, 5) is 16.4. The van der Waals surface area contributed by atoms with E-state index in [0.29, 0.717) is 31.7 Å². The fraction of sp³-hybridized carbons (Fsp3) is 0.263. The molecule has 26 heavy (non-hydrogen) atoms. The summed E-state index contributed by atoms with van der Waals surface area (Å²) in [5.74, 6) is -0.738. The van der Waals surface area contributed by atoms with Gasteiger partial charge in [-0.25, -0.2) is 4.39 Å². The quantitative estimate of drug-likeness (QED) is 0.755. The maximum atomic E-state index is 13.0. The summed E-state index contributed by atoms with van der Waals surface area (Å²) in [6.45, 7) is 2.43. The Kier molecular flexibility index (Phi) is 4.30. The van der Waals surface area contributed by atoms with Gasteiger partial charge in [0.25, 0.3) is 5.91 Å². The van der Waals surface area contributed by atoms with Crippen LogP contribution in [0, 0.1) is 5.82 Å². The molecule has 0 bridgehead atoms. The number of piperazine rings is 1. The number of carbonyl (C=O) groups is 1. The van der Waals surface area contributed by atoms with Crippen molar-refractivity contribution in [3.8, 4) is 0 Å². The largest absolute Gasteiger partial charge is 0.378 e. The lowest BCUT2D eigenvalue weighted by atomic mass is 10.1. The number of aliphatic hydroxyl groups is 1. The van der Waals surface area contributed by atoms with E-state index in [2.05, 4.69) is 21.2 Å². The minimum Gasteiger partial charge on any atom is -0.378 e. The molecule has 7 heteroatoms. The van der Waals surface area contributed by atoms with Gasteiger partial charge in [0.2, 0.25) is 0 Å². The van der Waals surface area contributed by atoms with Crippen LogP contribution >= 0.6 is 0 Å². The standard InChI is InChI=1S/C19H19FN4O2/c20-15-3-1-13(2-4-15)18(25)19(26)24-9-7-23(8-10-24)16-5-6-17-14(11-16)12-21-22-17/h1-6,11-12,18,25H,7-10H2,(H,21,22). The summed E-state index contributed by atoms with van der Waals surface area (Å²) < 4.78 is 13.0. The molecule has 0 saturated carbocycles. The first-order valence-electron chi connectivity index (χ1n) is 8.52. The van der Waals surface area contributed by atoms with Gasteiger partial charge in [0.1, 0.15) is 5.82 Å². The van der Waals surface area contributed by atoms with Crippen LogP contribution in [0.1, 0.15) is 11.7 Å². The first-order valence-corrected chi connectivity index (χ1v) is 8.52. The van der Waals surface area contributed by atoms with E-state index >= 15 is 0 Å². The van der Waals surface area contributed by atoms with Crippen molar-refractivity contribution < 1.29 is 14.3 Å². The normalized spacial score (nSPS) is 16.1. The van der Waals surface area contributed by atoms with Gasteiger partial charge in [-0.05, 0) is 35.9 Å². The molecule has 0 radical (unpaired) electrons. The first kappa shape index (κ1) is 16.5. The summed E-state index contributed by atoms with van der Waals surface area (Å²) >= 11 is 0. The van der Waals surface area contributed by atoms with E-state index in [4.69, 9.17) is 0 Å². The van der Waals surface area contributed by atoms with Crippen molar-refractivity contribution in [2.24, 2.45) is 0 Å². The summed E-state index contributed by atoms with van der Waals surface area (Å²) in [5, 5.41) is 18.3. The first-order chi connectivity index (χ1) is 12.6. The van der Waals surface area contributed by atoms with Crippen molar-refractivity contribution in [1.82, 2.24) is 15.1 Å². The number of aliphatic hydroxyl groups excluding tert-OH is 1. The minimum atomic E-state index is -1.26. The number of aromatic nitrogens is 2. The number of halogens is 1. The summed E-state index contributed by atoms with van der Waals surface area (Å²) in [6, 6.07) is 11.5. The molecule has 0 aliphatic carbocycles. The van der Waals surface area contributed by atoms with Gasteiger partial charge >= 0.3 is 0 Å². The Hall–Kier alpha value is -2.93. The topological polar surface area (TPSA) is 72.5 Å². The molecule has 6 nitrogen and oxygen atoms in total. The van der Waals surface area contributed by atoms with Crippen LogP contribution in [0.25, 0.3) is 10.9 Å². The van der Waals surface area contributed by atoms with E-state index in [0.717, 1.165) is 16.6 Å². The van der Waals surface area contributed by atoms with Crippen LogP contribution in [0.2, 0.25) is 0 Å². The maximum Gasteiger partial charge on any atom is 0.256 e. The Balaban J connectivity index is 1.40. The van der Waals surface area contributed by atoms with Gasteiger partial charge < -0.3 is 14.9 Å². The van der Waals surface area contributed by atoms with Gasteiger partial charge in [-0.3, -0.25) is 9.89 Å².